The maximum Gasteiger partial charge on any atom is 0.336 e. The van der Waals surface area contributed by atoms with Gasteiger partial charge in [0.2, 0.25) is 0 Å². The molecular weight excluding hydrogens is 244 g/mol. The standard InChI is InChI=1S/C9H6O2.C4H8O2.C2H6/c10-9-6-5-7-3-1-2-4-8(7)11-9;1-3-4(5)6-2;1-2/h1-6H;3H2,1-2H3;1-2H3. The lowest BCUT2D eigenvalue weighted by Gasteiger charge is -1.91. The van der Waals surface area contributed by atoms with Crippen LogP contribution in [-0.2, 0) is 9.53 Å². The molecule has 0 spiro atoms. The molecule has 19 heavy (non-hydrogen) atoms. The zero-order valence-corrected chi connectivity index (χ0v) is 11.8. The highest BCUT2D eigenvalue weighted by atomic mass is 16.5. The van der Waals surface area contributed by atoms with Crippen molar-refractivity contribution in [3.8, 4) is 0 Å². The van der Waals surface area contributed by atoms with Crippen LogP contribution in [0, 0.1) is 0 Å². The van der Waals surface area contributed by atoms with Gasteiger partial charge in [-0.1, -0.05) is 39.0 Å². The molecule has 0 radical (unpaired) electrons. The summed E-state index contributed by atoms with van der Waals surface area (Å²) in [4.78, 5) is 20.7. The van der Waals surface area contributed by atoms with Gasteiger partial charge < -0.3 is 9.15 Å². The second-order valence-electron chi connectivity index (χ2n) is 3.22. The van der Waals surface area contributed by atoms with Crippen molar-refractivity contribution < 1.29 is 13.9 Å². The average Bonchev–Trinajstić information content (AvgIpc) is 2.49. The monoisotopic (exact) mass is 264 g/mol. The molecule has 0 saturated carbocycles. The summed E-state index contributed by atoms with van der Waals surface area (Å²) < 4.78 is 9.17. The lowest BCUT2D eigenvalue weighted by Crippen LogP contribution is -1.94. The maximum absolute atomic E-state index is 10.7. The van der Waals surface area contributed by atoms with E-state index in [-0.39, 0.29) is 11.6 Å². The Labute approximate surface area is 113 Å². The van der Waals surface area contributed by atoms with Gasteiger partial charge in [0.25, 0.3) is 0 Å². The molecule has 1 aromatic carbocycles. The van der Waals surface area contributed by atoms with Gasteiger partial charge in [-0.3, -0.25) is 4.79 Å². The second-order valence-corrected chi connectivity index (χ2v) is 3.22. The molecule has 0 N–H and O–H groups in total. The normalized spacial score (nSPS) is 8.63. The van der Waals surface area contributed by atoms with Gasteiger partial charge in [-0.05, 0) is 12.1 Å². The van der Waals surface area contributed by atoms with Crippen LogP contribution in [0.1, 0.15) is 27.2 Å². The first-order valence-corrected chi connectivity index (χ1v) is 6.23. The fourth-order valence-electron chi connectivity index (χ4n) is 1.16. The molecule has 4 heteroatoms. The number of para-hydroxylation sites is 1. The number of esters is 1. The van der Waals surface area contributed by atoms with E-state index >= 15 is 0 Å². The summed E-state index contributed by atoms with van der Waals surface area (Å²) in [5, 5.41) is 0.951. The Balaban J connectivity index is 0.000000350. The lowest BCUT2D eigenvalue weighted by atomic mass is 10.2. The number of carbonyl (C=O) groups is 1. The van der Waals surface area contributed by atoms with Crippen molar-refractivity contribution in [1.29, 1.82) is 0 Å². The Kier molecular flexibility index (Phi) is 8.79. The highest BCUT2D eigenvalue weighted by Crippen LogP contribution is 2.08. The summed E-state index contributed by atoms with van der Waals surface area (Å²) in [6.45, 7) is 5.76. The SMILES string of the molecule is CC.CCC(=O)OC.O=c1ccc2ccccc2o1. The molecule has 0 amide bonds. The Morgan fingerprint density at radius 1 is 1.16 bits per heavy atom. The number of benzene rings is 1. The quantitative estimate of drug-likeness (QED) is 0.585. The van der Waals surface area contributed by atoms with Gasteiger partial charge in [-0.15, -0.1) is 0 Å². The summed E-state index contributed by atoms with van der Waals surface area (Å²) >= 11 is 0. The Hall–Kier alpha value is -2.10. The van der Waals surface area contributed by atoms with E-state index in [9.17, 15) is 9.59 Å². The molecule has 0 unspecified atom stereocenters. The van der Waals surface area contributed by atoms with Crippen molar-refractivity contribution in [3.63, 3.8) is 0 Å². The number of fused-ring (bicyclic) bond motifs is 1. The molecular formula is C15H20O4. The van der Waals surface area contributed by atoms with Gasteiger partial charge in [-0.25, -0.2) is 4.79 Å². The molecule has 2 rings (SSSR count). The average molecular weight is 264 g/mol. The first kappa shape index (κ1) is 16.9. The van der Waals surface area contributed by atoms with Crippen LogP contribution >= 0.6 is 0 Å². The van der Waals surface area contributed by atoms with E-state index in [0.717, 1.165) is 5.39 Å². The summed E-state index contributed by atoms with van der Waals surface area (Å²) in [6.07, 6.45) is 0.469. The van der Waals surface area contributed by atoms with Crippen LogP contribution in [0.25, 0.3) is 11.0 Å². The van der Waals surface area contributed by atoms with Crippen molar-refractivity contribution in [2.24, 2.45) is 0 Å². The van der Waals surface area contributed by atoms with E-state index < -0.39 is 0 Å². The smallest absolute Gasteiger partial charge is 0.336 e. The van der Waals surface area contributed by atoms with E-state index in [1.165, 1.54) is 13.2 Å². The van der Waals surface area contributed by atoms with Crippen LogP contribution in [0.15, 0.2) is 45.6 Å². The molecule has 1 aromatic heterocycles. The Morgan fingerprint density at radius 3 is 2.32 bits per heavy atom. The maximum atomic E-state index is 10.7. The van der Waals surface area contributed by atoms with Crippen LogP contribution in [-0.4, -0.2) is 13.1 Å². The van der Waals surface area contributed by atoms with Crippen LogP contribution < -0.4 is 5.63 Å². The number of carbonyl (C=O) groups excluding carboxylic acids is 1. The van der Waals surface area contributed by atoms with Gasteiger partial charge in [0, 0.05) is 17.9 Å². The first-order valence-electron chi connectivity index (χ1n) is 6.23. The molecule has 0 aliphatic heterocycles. The zero-order chi connectivity index (χ0) is 14.7. The van der Waals surface area contributed by atoms with Crippen molar-refractivity contribution in [1.82, 2.24) is 0 Å². The minimum absolute atomic E-state index is 0.157. The first-order chi connectivity index (χ1) is 9.17. The van der Waals surface area contributed by atoms with Crippen LogP contribution in [0.3, 0.4) is 0 Å². The highest BCUT2D eigenvalue weighted by molar-refractivity contribution is 5.75. The third kappa shape index (κ3) is 6.41. The number of ether oxygens (including phenoxy) is 1. The van der Waals surface area contributed by atoms with Crippen LogP contribution in [0.5, 0.6) is 0 Å². The van der Waals surface area contributed by atoms with Crippen molar-refractivity contribution in [3.05, 3.63) is 46.8 Å². The second kappa shape index (κ2) is 9.88. The number of hydrogen-bond acceptors (Lipinski definition) is 4. The van der Waals surface area contributed by atoms with Crippen molar-refractivity contribution >= 4 is 16.9 Å². The molecule has 0 aliphatic rings. The topological polar surface area (TPSA) is 56.5 Å². The van der Waals surface area contributed by atoms with Gasteiger partial charge in [0.15, 0.2) is 0 Å². The summed E-state index contributed by atoms with van der Waals surface area (Å²) in [7, 11) is 1.38. The number of hydrogen-bond donors (Lipinski definition) is 0. The molecule has 0 saturated heterocycles. The Bertz CT molecular complexity index is 537. The van der Waals surface area contributed by atoms with E-state index in [1.54, 1.807) is 19.1 Å². The van der Waals surface area contributed by atoms with E-state index in [1.807, 2.05) is 32.0 Å². The molecule has 0 aliphatic carbocycles. The largest absolute Gasteiger partial charge is 0.469 e. The predicted molar refractivity (Wildman–Crippen MR) is 76.1 cm³/mol. The molecule has 104 valence electrons. The van der Waals surface area contributed by atoms with E-state index in [4.69, 9.17) is 4.42 Å². The molecule has 0 atom stereocenters. The van der Waals surface area contributed by atoms with Crippen molar-refractivity contribution in [2.75, 3.05) is 7.11 Å². The van der Waals surface area contributed by atoms with Crippen LogP contribution in [0.2, 0.25) is 0 Å². The Morgan fingerprint density at radius 2 is 1.79 bits per heavy atom. The fourth-order valence-corrected chi connectivity index (χ4v) is 1.16. The van der Waals surface area contributed by atoms with E-state index in [2.05, 4.69) is 4.74 Å². The molecule has 2 aromatic rings. The van der Waals surface area contributed by atoms with Gasteiger partial charge >= 0.3 is 11.6 Å². The van der Waals surface area contributed by atoms with Crippen LogP contribution in [0.4, 0.5) is 0 Å². The van der Waals surface area contributed by atoms with Gasteiger partial charge in [-0.2, -0.15) is 0 Å². The predicted octanol–water partition coefficient (Wildman–Crippen LogP) is 3.39. The minimum Gasteiger partial charge on any atom is -0.469 e. The third-order valence-electron chi connectivity index (χ3n) is 2.04. The summed E-state index contributed by atoms with van der Waals surface area (Å²) in [6, 6.07) is 10.6. The van der Waals surface area contributed by atoms with Crippen molar-refractivity contribution in [2.45, 2.75) is 27.2 Å². The summed E-state index contributed by atoms with van der Waals surface area (Å²) in [5.41, 5.74) is 0.337. The zero-order valence-electron chi connectivity index (χ0n) is 11.8. The highest BCUT2D eigenvalue weighted by Gasteiger charge is 1.92. The number of methoxy groups -OCH3 is 1. The van der Waals surface area contributed by atoms with Gasteiger partial charge in [0.05, 0.1) is 7.11 Å². The van der Waals surface area contributed by atoms with E-state index in [0.29, 0.717) is 12.0 Å². The molecule has 4 nitrogen and oxygen atoms in total. The summed E-state index contributed by atoms with van der Waals surface area (Å²) in [5.74, 6) is -0.157. The molecule has 1 heterocycles. The number of rotatable bonds is 1. The minimum atomic E-state index is -0.302. The van der Waals surface area contributed by atoms with Gasteiger partial charge in [0.1, 0.15) is 5.58 Å². The third-order valence-corrected chi connectivity index (χ3v) is 2.04. The lowest BCUT2D eigenvalue weighted by molar-refractivity contribution is -0.140. The molecule has 0 fully saturated rings. The molecule has 0 bridgehead atoms. The fraction of sp³-hybridized carbons (Fsp3) is 0.333.